The van der Waals surface area contributed by atoms with E-state index in [-0.39, 0.29) is 5.82 Å². The van der Waals surface area contributed by atoms with E-state index in [0.29, 0.717) is 24.6 Å². The van der Waals surface area contributed by atoms with Crippen molar-refractivity contribution in [1.82, 2.24) is 0 Å². The van der Waals surface area contributed by atoms with E-state index in [4.69, 9.17) is 9.15 Å². The van der Waals surface area contributed by atoms with E-state index >= 15 is 0 Å². The summed E-state index contributed by atoms with van der Waals surface area (Å²) in [6.45, 7) is 1.31. The summed E-state index contributed by atoms with van der Waals surface area (Å²) >= 11 is 0. The number of nitrogens with one attached hydrogen (secondary N) is 1. The van der Waals surface area contributed by atoms with Crippen molar-refractivity contribution >= 4 is 5.69 Å². The minimum Gasteiger partial charge on any atom is -0.464 e. The van der Waals surface area contributed by atoms with Crippen molar-refractivity contribution in [1.29, 1.82) is 0 Å². The Bertz CT molecular complexity index is 483. The first kappa shape index (κ1) is 12.6. The number of benzene rings is 1. The Morgan fingerprint density at radius 2 is 2.17 bits per heavy atom. The van der Waals surface area contributed by atoms with Gasteiger partial charge in [0.15, 0.2) is 0 Å². The predicted octanol–water partition coefficient (Wildman–Crippen LogP) is 3.53. The average molecular weight is 249 g/mol. The zero-order valence-corrected chi connectivity index (χ0v) is 10.3. The number of anilines is 1. The molecule has 2 aromatic rings. The number of methoxy groups -OCH3 is 1. The van der Waals surface area contributed by atoms with Crippen LogP contribution < -0.4 is 5.32 Å². The van der Waals surface area contributed by atoms with Gasteiger partial charge in [0.2, 0.25) is 0 Å². The van der Waals surface area contributed by atoms with Crippen LogP contribution in [0.15, 0.2) is 41.0 Å². The summed E-state index contributed by atoms with van der Waals surface area (Å²) in [5.74, 6) is 0.380. The van der Waals surface area contributed by atoms with Gasteiger partial charge in [0.05, 0.1) is 12.0 Å². The van der Waals surface area contributed by atoms with Crippen LogP contribution in [0, 0.1) is 5.82 Å². The van der Waals surface area contributed by atoms with E-state index in [1.165, 1.54) is 6.07 Å². The van der Waals surface area contributed by atoms with Gasteiger partial charge >= 0.3 is 0 Å². The van der Waals surface area contributed by atoms with Crippen LogP contribution in [0.4, 0.5) is 10.1 Å². The Morgan fingerprint density at radius 3 is 2.89 bits per heavy atom. The van der Waals surface area contributed by atoms with Gasteiger partial charge < -0.3 is 14.5 Å². The van der Waals surface area contributed by atoms with Crippen molar-refractivity contribution in [2.75, 3.05) is 25.6 Å². The molecule has 0 spiro atoms. The molecule has 1 heterocycles. The molecule has 0 radical (unpaired) electrons. The summed E-state index contributed by atoms with van der Waals surface area (Å²) in [6, 6.07) is 8.54. The molecule has 0 bridgehead atoms. The van der Waals surface area contributed by atoms with Gasteiger partial charge in [0, 0.05) is 25.8 Å². The van der Waals surface area contributed by atoms with Gasteiger partial charge in [-0.2, -0.15) is 0 Å². The van der Waals surface area contributed by atoms with Crippen molar-refractivity contribution in [3.63, 3.8) is 0 Å². The lowest BCUT2D eigenvalue weighted by Crippen LogP contribution is -2.07. The third-order valence-corrected chi connectivity index (χ3v) is 2.63. The molecule has 0 fully saturated rings. The number of hydrogen-bond donors (Lipinski definition) is 1. The number of hydrogen-bond acceptors (Lipinski definition) is 3. The molecule has 0 unspecified atom stereocenters. The van der Waals surface area contributed by atoms with E-state index < -0.39 is 0 Å². The molecule has 1 aromatic heterocycles. The normalized spacial score (nSPS) is 10.6. The second-order valence-corrected chi connectivity index (χ2v) is 3.91. The molecule has 0 saturated heterocycles. The van der Waals surface area contributed by atoms with Gasteiger partial charge in [-0.25, -0.2) is 4.39 Å². The fourth-order valence-electron chi connectivity index (χ4n) is 1.77. The van der Waals surface area contributed by atoms with Crippen LogP contribution in [0.2, 0.25) is 0 Å². The second kappa shape index (κ2) is 6.21. The fourth-order valence-corrected chi connectivity index (χ4v) is 1.77. The van der Waals surface area contributed by atoms with Gasteiger partial charge in [-0.1, -0.05) is 6.07 Å². The molecule has 18 heavy (non-hydrogen) atoms. The summed E-state index contributed by atoms with van der Waals surface area (Å²) in [5.41, 5.74) is 1.21. The number of para-hydroxylation sites is 1. The molecule has 0 atom stereocenters. The summed E-state index contributed by atoms with van der Waals surface area (Å²) in [4.78, 5) is 0. The highest BCUT2D eigenvalue weighted by Gasteiger charge is 2.11. The van der Waals surface area contributed by atoms with Crippen molar-refractivity contribution < 1.29 is 13.5 Å². The third-order valence-electron chi connectivity index (χ3n) is 2.63. The lowest BCUT2D eigenvalue weighted by atomic mass is 10.1. The summed E-state index contributed by atoms with van der Waals surface area (Å²) in [7, 11) is 1.65. The highest BCUT2D eigenvalue weighted by atomic mass is 19.1. The molecule has 1 N–H and O–H groups in total. The van der Waals surface area contributed by atoms with Crippen LogP contribution in [-0.2, 0) is 4.74 Å². The number of ether oxygens (including phenoxy) is 1. The number of halogens is 1. The molecule has 0 aliphatic heterocycles. The van der Waals surface area contributed by atoms with Crippen LogP contribution >= 0.6 is 0 Å². The predicted molar refractivity (Wildman–Crippen MR) is 69.1 cm³/mol. The molecule has 0 aliphatic rings. The lowest BCUT2D eigenvalue weighted by Gasteiger charge is -2.11. The zero-order chi connectivity index (χ0) is 12.8. The molecule has 1 aromatic carbocycles. The standard InChI is InChI=1S/C14H16FNO2/c1-17-9-4-8-16-14-11(5-2-6-12(14)15)13-7-3-10-18-13/h2-3,5-7,10,16H,4,8-9H2,1H3. The first-order chi connectivity index (χ1) is 8.83. The average Bonchev–Trinajstić information content (AvgIpc) is 2.89. The topological polar surface area (TPSA) is 34.4 Å². The van der Waals surface area contributed by atoms with Crippen LogP contribution in [0.5, 0.6) is 0 Å². The molecule has 0 amide bonds. The molecule has 96 valence electrons. The second-order valence-electron chi connectivity index (χ2n) is 3.91. The maximum atomic E-state index is 13.8. The number of furan rings is 1. The van der Waals surface area contributed by atoms with Crippen molar-refractivity contribution in [3.8, 4) is 11.3 Å². The summed E-state index contributed by atoms with van der Waals surface area (Å²) in [6.07, 6.45) is 2.40. The van der Waals surface area contributed by atoms with E-state index in [2.05, 4.69) is 5.32 Å². The first-order valence-corrected chi connectivity index (χ1v) is 5.88. The smallest absolute Gasteiger partial charge is 0.147 e. The van der Waals surface area contributed by atoms with Gasteiger partial charge in [-0.15, -0.1) is 0 Å². The SMILES string of the molecule is COCCCNc1c(F)cccc1-c1ccco1. The minimum atomic E-state index is -0.277. The van der Waals surface area contributed by atoms with E-state index in [9.17, 15) is 4.39 Å². The van der Waals surface area contributed by atoms with E-state index in [1.54, 1.807) is 25.5 Å². The Kier molecular flexibility index (Phi) is 4.36. The van der Waals surface area contributed by atoms with E-state index in [0.717, 1.165) is 12.0 Å². The lowest BCUT2D eigenvalue weighted by molar-refractivity contribution is 0.197. The third kappa shape index (κ3) is 2.90. The molecule has 0 saturated carbocycles. The Hall–Kier alpha value is -1.81. The highest BCUT2D eigenvalue weighted by Crippen LogP contribution is 2.30. The monoisotopic (exact) mass is 249 g/mol. The van der Waals surface area contributed by atoms with Gasteiger partial charge in [-0.05, 0) is 30.7 Å². The molecular formula is C14H16FNO2. The Labute approximate surface area is 106 Å². The number of rotatable bonds is 6. The largest absolute Gasteiger partial charge is 0.464 e. The molecule has 2 rings (SSSR count). The fraction of sp³-hybridized carbons (Fsp3) is 0.286. The highest BCUT2D eigenvalue weighted by molar-refractivity contribution is 5.74. The Morgan fingerprint density at radius 1 is 1.28 bits per heavy atom. The summed E-state index contributed by atoms with van der Waals surface area (Å²) < 4.78 is 24.1. The van der Waals surface area contributed by atoms with Crippen molar-refractivity contribution in [2.45, 2.75) is 6.42 Å². The van der Waals surface area contributed by atoms with Gasteiger partial charge in [0.25, 0.3) is 0 Å². The van der Waals surface area contributed by atoms with Crippen LogP contribution in [0.3, 0.4) is 0 Å². The van der Waals surface area contributed by atoms with Crippen molar-refractivity contribution in [3.05, 3.63) is 42.4 Å². The maximum Gasteiger partial charge on any atom is 0.147 e. The minimum absolute atomic E-state index is 0.277. The first-order valence-electron chi connectivity index (χ1n) is 5.88. The van der Waals surface area contributed by atoms with Crippen LogP contribution in [0.1, 0.15) is 6.42 Å². The maximum absolute atomic E-state index is 13.8. The van der Waals surface area contributed by atoms with Crippen molar-refractivity contribution in [2.24, 2.45) is 0 Å². The summed E-state index contributed by atoms with van der Waals surface area (Å²) in [5, 5.41) is 3.09. The molecule has 0 aliphatic carbocycles. The van der Waals surface area contributed by atoms with Crippen LogP contribution in [0.25, 0.3) is 11.3 Å². The quantitative estimate of drug-likeness (QED) is 0.795. The van der Waals surface area contributed by atoms with Gasteiger partial charge in [-0.3, -0.25) is 0 Å². The zero-order valence-electron chi connectivity index (χ0n) is 10.3. The molecular weight excluding hydrogens is 233 g/mol. The Balaban J connectivity index is 2.17. The van der Waals surface area contributed by atoms with Crippen LogP contribution in [-0.4, -0.2) is 20.3 Å². The van der Waals surface area contributed by atoms with Gasteiger partial charge in [0.1, 0.15) is 11.6 Å². The molecule has 3 nitrogen and oxygen atoms in total. The van der Waals surface area contributed by atoms with E-state index in [1.807, 2.05) is 12.1 Å². The molecule has 4 heteroatoms.